The van der Waals surface area contributed by atoms with Crippen molar-refractivity contribution in [3.63, 3.8) is 0 Å². The molecule has 0 fully saturated rings. The number of nitrogens with zero attached hydrogens (tertiary/aromatic N) is 3. The maximum Gasteiger partial charge on any atom is 0.237 e. The van der Waals surface area contributed by atoms with Gasteiger partial charge in [-0.15, -0.1) is 0 Å². The molecular formula is C27H24ClN3OS. The van der Waals surface area contributed by atoms with Crippen LogP contribution in [-0.4, -0.2) is 22.7 Å². The molecule has 33 heavy (non-hydrogen) atoms. The molecule has 0 N–H and O–H groups in total. The summed E-state index contributed by atoms with van der Waals surface area (Å²) in [6.45, 7) is 2.08. The van der Waals surface area contributed by atoms with Crippen molar-refractivity contribution >= 4 is 35.0 Å². The van der Waals surface area contributed by atoms with Gasteiger partial charge in [-0.1, -0.05) is 53.7 Å². The summed E-state index contributed by atoms with van der Waals surface area (Å²) in [7, 11) is 0. The van der Waals surface area contributed by atoms with E-state index in [2.05, 4.69) is 19.1 Å². The second kappa shape index (κ2) is 9.21. The lowest BCUT2D eigenvalue weighted by Gasteiger charge is -2.24. The molecule has 0 saturated carbocycles. The maximum atomic E-state index is 13.3. The molecule has 0 bridgehead atoms. The Morgan fingerprint density at radius 3 is 2.73 bits per heavy atom. The van der Waals surface area contributed by atoms with E-state index in [1.54, 1.807) is 0 Å². The molecule has 166 valence electrons. The molecule has 1 aliphatic heterocycles. The zero-order chi connectivity index (χ0) is 22.9. The molecule has 2 aliphatic rings. The molecule has 2 heterocycles. The lowest BCUT2D eigenvalue weighted by Crippen LogP contribution is -2.37. The van der Waals surface area contributed by atoms with E-state index in [1.807, 2.05) is 47.4 Å². The number of hydrogen-bond acceptors (Lipinski definition) is 4. The first-order chi connectivity index (χ1) is 16.1. The Balaban J connectivity index is 1.49. The topological polar surface area (TPSA) is 57.0 Å². The van der Waals surface area contributed by atoms with Crippen LogP contribution in [-0.2, 0) is 24.1 Å². The van der Waals surface area contributed by atoms with Crippen molar-refractivity contribution in [2.75, 3.05) is 10.7 Å². The minimum absolute atomic E-state index is 0.0499. The highest BCUT2D eigenvalue weighted by Gasteiger charge is 2.31. The van der Waals surface area contributed by atoms with E-state index in [9.17, 15) is 10.1 Å². The van der Waals surface area contributed by atoms with Crippen molar-refractivity contribution < 1.29 is 4.79 Å². The largest absolute Gasteiger partial charge is 0.308 e. The van der Waals surface area contributed by atoms with Gasteiger partial charge < -0.3 is 4.90 Å². The fraction of sp³-hybridized carbons (Fsp3) is 0.296. The molecule has 5 rings (SSSR count). The van der Waals surface area contributed by atoms with Gasteiger partial charge in [0, 0.05) is 28.0 Å². The lowest BCUT2D eigenvalue weighted by molar-refractivity contribution is -0.116. The van der Waals surface area contributed by atoms with Crippen LogP contribution in [0.1, 0.15) is 42.1 Å². The molecule has 0 saturated heterocycles. The molecule has 1 amide bonds. The van der Waals surface area contributed by atoms with Crippen LogP contribution in [0.4, 0.5) is 5.69 Å². The molecule has 1 atom stereocenters. The predicted octanol–water partition coefficient (Wildman–Crippen LogP) is 6.22. The SMILES string of the molecule is C[C@H]1Cc2ccccc2N1C(=O)CSc1nc2c(c(-c3ccc(Cl)cc3)c1C#N)CCCC2. The Kier molecular flexibility index (Phi) is 6.14. The van der Waals surface area contributed by atoms with Gasteiger partial charge >= 0.3 is 0 Å². The normalized spacial score (nSPS) is 16.8. The molecule has 1 aromatic heterocycles. The number of carbonyl (C=O) groups excluding carboxylic acids is 1. The van der Waals surface area contributed by atoms with Crippen LogP contribution in [0.5, 0.6) is 0 Å². The first-order valence-corrected chi connectivity index (χ1v) is 12.7. The molecule has 3 aromatic rings. The lowest BCUT2D eigenvalue weighted by atomic mass is 9.87. The number of aryl methyl sites for hydroxylation is 1. The Bertz CT molecular complexity index is 1270. The summed E-state index contributed by atoms with van der Waals surface area (Å²) in [4.78, 5) is 20.0. The van der Waals surface area contributed by atoms with E-state index in [0.29, 0.717) is 15.6 Å². The summed E-state index contributed by atoms with van der Waals surface area (Å²) < 4.78 is 0. The minimum atomic E-state index is 0.0499. The monoisotopic (exact) mass is 473 g/mol. The fourth-order valence-corrected chi connectivity index (χ4v) is 6.00. The van der Waals surface area contributed by atoms with Crippen LogP contribution in [0.25, 0.3) is 11.1 Å². The van der Waals surface area contributed by atoms with Gasteiger partial charge in [-0.3, -0.25) is 4.79 Å². The van der Waals surface area contributed by atoms with E-state index >= 15 is 0 Å². The first-order valence-electron chi connectivity index (χ1n) is 11.3. The molecule has 2 aromatic carbocycles. The van der Waals surface area contributed by atoms with E-state index in [4.69, 9.17) is 16.6 Å². The van der Waals surface area contributed by atoms with Crippen LogP contribution in [0.15, 0.2) is 53.6 Å². The Labute approximate surface area is 203 Å². The van der Waals surface area contributed by atoms with Gasteiger partial charge in [0.25, 0.3) is 0 Å². The van der Waals surface area contributed by atoms with Crippen LogP contribution in [0, 0.1) is 11.3 Å². The number of rotatable bonds is 4. The third-order valence-electron chi connectivity index (χ3n) is 6.49. The Morgan fingerprint density at radius 1 is 1.18 bits per heavy atom. The number of thioether (sulfide) groups is 1. The van der Waals surface area contributed by atoms with E-state index < -0.39 is 0 Å². The number of carbonyl (C=O) groups is 1. The summed E-state index contributed by atoms with van der Waals surface area (Å²) in [5, 5.41) is 11.5. The number of hydrogen-bond donors (Lipinski definition) is 0. The molecule has 0 radical (unpaired) electrons. The van der Waals surface area contributed by atoms with Gasteiger partial charge in [-0.2, -0.15) is 5.26 Å². The van der Waals surface area contributed by atoms with Gasteiger partial charge in [0.05, 0.1) is 11.3 Å². The van der Waals surface area contributed by atoms with Crippen molar-refractivity contribution in [2.45, 2.75) is 50.1 Å². The standard InChI is InChI=1S/C27H24ClN3OS/c1-17-14-19-6-2-5-9-24(19)31(17)25(32)16-33-27-22(15-29)26(18-10-12-20(28)13-11-18)21-7-3-4-8-23(21)30-27/h2,5-6,9-13,17H,3-4,7-8,14,16H2,1H3/t17-/m0/s1. The number of aromatic nitrogens is 1. The highest BCUT2D eigenvalue weighted by atomic mass is 35.5. The van der Waals surface area contributed by atoms with Crippen molar-refractivity contribution in [1.29, 1.82) is 5.26 Å². The molecule has 4 nitrogen and oxygen atoms in total. The molecular weight excluding hydrogens is 450 g/mol. The minimum Gasteiger partial charge on any atom is -0.308 e. The summed E-state index contributed by atoms with van der Waals surface area (Å²) in [5.74, 6) is 0.299. The number of amides is 1. The number of anilines is 1. The molecule has 1 aliphatic carbocycles. The van der Waals surface area contributed by atoms with Crippen molar-refractivity contribution in [1.82, 2.24) is 4.98 Å². The quantitative estimate of drug-likeness (QED) is 0.422. The van der Waals surface area contributed by atoms with Crippen LogP contribution >= 0.6 is 23.4 Å². The van der Waals surface area contributed by atoms with Gasteiger partial charge in [0.15, 0.2) is 0 Å². The number of pyridine rings is 1. The number of nitriles is 1. The average Bonchev–Trinajstić information content (AvgIpc) is 3.17. The number of halogens is 1. The average molecular weight is 474 g/mol. The highest BCUT2D eigenvalue weighted by Crippen LogP contribution is 2.39. The fourth-order valence-electron chi connectivity index (χ4n) is 5.01. The smallest absolute Gasteiger partial charge is 0.237 e. The van der Waals surface area contributed by atoms with E-state index in [0.717, 1.165) is 60.2 Å². The van der Waals surface area contributed by atoms with Gasteiger partial charge in [0.1, 0.15) is 11.1 Å². The van der Waals surface area contributed by atoms with Crippen LogP contribution < -0.4 is 4.90 Å². The zero-order valence-electron chi connectivity index (χ0n) is 18.5. The highest BCUT2D eigenvalue weighted by molar-refractivity contribution is 8.00. The summed E-state index contributed by atoms with van der Waals surface area (Å²) in [5.41, 5.74) is 6.92. The summed E-state index contributed by atoms with van der Waals surface area (Å²) in [6, 6.07) is 18.3. The Morgan fingerprint density at radius 2 is 1.94 bits per heavy atom. The van der Waals surface area contributed by atoms with E-state index in [1.165, 1.54) is 17.3 Å². The van der Waals surface area contributed by atoms with Crippen molar-refractivity contribution in [3.05, 3.63) is 75.9 Å². The number of benzene rings is 2. The summed E-state index contributed by atoms with van der Waals surface area (Å²) in [6.07, 6.45) is 4.88. The molecule has 0 unspecified atom stereocenters. The van der Waals surface area contributed by atoms with Gasteiger partial charge in [-0.05, 0) is 73.9 Å². The summed E-state index contributed by atoms with van der Waals surface area (Å²) >= 11 is 7.50. The molecule has 6 heteroatoms. The van der Waals surface area contributed by atoms with E-state index in [-0.39, 0.29) is 17.7 Å². The number of para-hydroxylation sites is 1. The Hall–Kier alpha value is -2.81. The third-order valence-corrected chi connectivity index (χ3v) is 7.71. The van der Waals surface area contributed by atoms with Crippen LogP contribution in [0.3, 0.4) is 0 Å². The van der Waals surface area contributed by atoms with Crippen molar-refractivity contribution in [3.8, 4) is 17.2 Å². The zero-order valence-corrected chi connectivity index (χ0v) is 20.0. The maximum absolute atomic E-state index is 13.3. The second-order valence-electron chi connectivity index (χ2n) is 8.65. The second-order valence-corrected chi connectivity index (χ2v) is 10.1. The third kappa shape index (κ3) is 4.14. The van der Waals surface area contributed by atoms with Crippen LogP contribution in [0.2, 0.25) is 5.02 Å². The first kappa shape index (κ1) is 22.0. The molecule has 0 spiro atoms. The van der Waals surface area contributed by atoms with Gasteiger partial charge in [0.2, 0.25) is 5.91 Å². The van der Waals surface area contributed by atoms with Gasteiger partial charge in [-0.25, -0.2) is 4.98 Å². The number of fused-ring (bicyclic) bond motifs is 2. The predicted molar refractivity (Wildman–Crippen MR) is 134 cm³/mol. The van der Waals surface area contributed by atoms with Crippen molar-refractivity contribution in [2.24, 2.45) is 0 Å².